The molecule has 2 fully saturated rings. The van der Waals surface area contributed by atoms with Gasteiger partial charge in [-0.3, -0.25) is 4.79 Å². The number of methoxy groups -OCH3 is 1. The molecule has 1 aromatic rings. The first kappa shape index (κ1) is 19.5. The van der Waals surface area contributed by atoms with Crippen molar-refractivity contribution in [3.8, 4) is 5.75 Å². The number of sulfonamides is 1. The molecule has 1 atom stereocenters. The number of ether oxygens (including phenoxy) is 1. The summed E-state index contributed by atoms with van der Waals surface area (Å²) in [5.74, 6) is 2.15. The summed E-state index contributed by atoms with van der Waals surface area (Å²) in [6, 6.07) is 4.87. The number of benzene rings is 1. The van der Waals surface area contributed by atoms with Crippen molar-refractivity contribution in [2.75, 3.05) is 43.6 Å². The highest BCUT2D eigenvalue weighted by Crippen LogP contribution is 2.31. The van der Waals surface area contributed by atoms with Crippen LogP contribution >= 0.6 is 11.8 Å². The van der Waals surface area contributed by atoms with E-state index in [9.17, 15) is 13.2 Å². The van der Waals surface area contributed by atoms with Crippen LogP contribution in [0.3, 0.4) is 0 Å². The molecular formula is C17H25N3O4S2. The Morgan fingerprint density at radius 3 is 2.81 bits per heavy atom. The molecule has 3 rings (SSSR count). The van der Waals surface area contributed by atoms with Crippen LogP contribution in [0, 0.1) is 0 Å². The zero-order valence-corrected chi connectivity index (χ0v) is 16.5. The third-order valence-corrected chi connectivity index (χ3v) is 7.63. The fourth-order valence-corrected chi connectivity index (χ4v) is 5.82. The van der Waals surface area contributed by atoms with Gasteiger partial charge in [0, 0.05) is 55.4 Å². The highest BCUT2D eigenvalue weighted by Gasteiger charge is 2.30. The molecule has 0 bridgehead atoms. The summed E-state index contributed by atoms with van der Waals surface area (Å²) in [6.07, 6.45) is 2.15. The number of carbonyl (C=O) groups is 1. The number of thioether (sulfide) groups is 1. The number of carbonyl (C=O) groups excluding carboxylic acids is 1. The molecule has 0 radical (unpaired) electrons. The minimum atomic E-state index is -3.57. The molecule has 1 amide bonds. The van der Waals surface area contributed by atoms with E-state index < -0.39 is 10.0 Å². The van der Waals surface area contributed by atoms with E-state index in [1.165, 1.54) is 17.5 Å². The van der Waals surface area contributed by atoms with Gasteiger partial charge < -0.3 is 15.4 Å². The second-order valence-electron chi connectivity index (χ2n) is 6.46. The Bertz CT molecular complexity index is 742. The normalized spacial score (nSPS) is 21.5. The number of rotatable bonds is 6. The fourth-order valence-electron chi connectivity index (χ4n) is 3.21. The maximum atomic E-state index is 12.8. The van der Waals surface area contributed by atoms with Crippen LogP contribution in [0.5, 0.6) is 5.75 Å². The summed E-state index contributed by atoms with van der Waals surface area (Å²) in [5.41, 5.74) is 0.538. The van der Waals surface area contributed by atoms with E-state index in [1.807, 2.05) is 11.8 Å². The van der Waals surface area contributed by atoms with Crippen LogP contribution in [0.25, 0.3) is 0 Å². The second-order valence-corrected chi connectivity index (χ2v) is 9.51. The molecule has 2 saturated heterocycles. The first-order chi connectivity index (χ1) is 12.5. The zero-order valence-electron chi connectivity index (χ0n) is 14.9. The Morgan fingerprint density at radius 2 is 2.15 bits per heavy atom. The Balaban J connectivity index is 1.70. The largest absolute Gasteiger partial charge is 0.495 e. The Morgan fingerprint density at radius 1 is 1.38 bits per heavy atom. The molecule has 2 heterocycles. The number of amides is 1. The first-order valence-corrected chi connectivity index (χ1v) is 11.4. The lowest BCUT2D eigenvalue weighted by Crippen LogP contribution is -2.39. The van der Waals surface area contributed by atoms with Crippen LogP contribution in [0.15, 0.2) is 23.1 Å². The van der Waals surface area contributed by atoms with Crippen molar-refractivity contribution in [2.45, 2.75) is 30.2 Å². The average Bonchev–Trinajstić information content (AvgIpc) is 3.17. The van der Waals surface area contributed by atoms with Crippen LogP contribution in [-0.4, -0.2) is 62.9 Å². The maximum Gasteiger partial charge on any atom is 0.246 e. The van der Waals surface area contributed by atoms with Crippen LogP contribution in [0.2, 0.25) is 0 Å². The minimum absolute atomic E-state index is 0.0952. The maximum absolute atomic E-state index is 12.8. The summed E-state index contributed by atoms with van der Waals surface area (Å²) in [5, 5.41) is 6.16. The zero-order chi connectivity index (χ0) is 18.6. The van der Waals surface area contributed by atoms with E-state index in [0.29, 0.717) is 25.2 Å². The third kappa shape index (κ3) is 4.51. The summed E-state index contributed by atoms with van der Waals surface area (Å²) in [6.45, 7) is 1.99. The van der Waals surface area contributed by atoms with Gasteiger partial charge in [0.15, 0.2) is 0 Å². The van der Waals surface area contributed by atoms with Gasteiger partial charge in [-0.05, 0) is 25.0 Å². The van der Waals surface area contributed by atoms with Gasteiger partial charge in [-0.1, -0.05) is 0 Å². The number of hydrogen-bond donors (Lipinski definition) is 2. The van der Waals surface area contributed by atoms with Crippen molar-refractivity contribution in [1.29, 1.82) is 0 Å². The van der Waals surface area contributed by atoms with E-state index in [-0.39, 0.29) is 22.6 Å². The summed E-state index contributed by atoms with van der Waals surface area (Å²) < 4.78 is 32.3. The molecule has 0 aromatic heterocycles. The van der Waals surface area contributed by atoms with E-state index in [4.69, 9.17) is 4.74 Å². The van der Waals surface area contributed by atoms with Crippen LogP contribution < -0.4 is 15.4 Å². The smallest absolute Gasteiger partial charge is 0.246 e. The van der Waals surface area contributed by atoms with Gasteiger partial charge in [-0.2, -0.15) is 16.1 Å². The van der Waals surface area contributed by atoms with Gasteiger partial charge in [0.2, 0.25) is 15.9 Å². The van der Waals surface area contributed by atoms with E-state index >= 15 is 0 Å². The third-order valence-electron chi connectivity index (χ3n) is 4.56. The molecule has 9 heteroatoms. The van der Waals surface area contributed by atoms with Crippen molar-refractivity contribution in [3.05, 3.63) is 18.2 Å². The van der Waals surface area contributed by atoms with E-state index in [2.05, 4.69) is 10.6 Å². The summed E-state index contributed by atoms with van der Waals surface area (Å²) in [4.78, 5) is 12.4. The van der Waals surface area contributed by atoms with Gasteiger partial charge in [-0.15, -0.1) is 0 Å². The van der Waals surface area contributed by atoms with Crippen molar-refractivity contribution in [2.24, 2.45) is 0 Å². The quantitative estimate of drug-likeness (QED) is 0.754. The van der Waals surface area contributed by atoms with Crippen molar-refractivity contribution < 1.29 is 17.9 Å². The number of anilines is 1. The average molecular weight is 400 g/mol. The molecule has 7 nitrogen and oxygen atoms in total. The fraction of sp³-hybridized carbons (Fsp3) is 0.588. The summed E-state index contributed by atoms with van der Waals surface area (Å²) >= 11 is 1.84. The number of hydrogen-bond acceptors (Lipinski definition) is 6. The lowest BCUT2D eigenvalue weighted by Gasteiger charge is -2.22. The topological polar surface area (TPSA) is 87.7 Å². The monoisotopic (exact) mass is 399 g/mol. The van der Waals surface area contributed by atoms with Gasteiger partial charge in [0.1, 0.15) is 10.6 Å². The van der Waals surface area contributed by atoms with Crippen LogP contribution in [0.4, 0.5) is 5.69 Å². The van der Waals surface area contributed by atoms with Gasteiger partial charge in [0.05, 0.1) is 7.11 Å². The van der Waals surface area contributed by atoms with Gasteiger partial charge in [0.25, 0.3) is 0 Å². The summed E-state index contributed by atoms with van der Waals surface area (Å²) in [7, 11) is -2.13. The number of nitrogens with one attached hydrogen (secondary N) is 2. The van der Waals surface area contributed by atoms with Gasteiger partial charge in [-0.25, -0.2) is 8.42 Å². The Hall–Kier alpha value is -1.29. The lowest BCUT2D eigenvalue weighted by molar-refractivity contribution is -0.116. The molecule has 26 heavy (non-hydrogen) atoms. The molecule has 2 aliphatic rings. The van der Waals surface area contributed by atoms with Crippen LogP contribution in [-0.2, 0) is 14.8 Å². The highest BCUT2D eigenvalue weighted by molar-refractivity contribution is 7.99. The van der Waals surface area contributed by atoms with Crippen molar-refractivity contribution in [1.82, 2.24) is 9.62 Å². The molecule has 0 spiro atoms. The highest BCUT2D eigenvalue weighted by atomic mass is 32.2. The molecule has 1 aromatic carbocycles. The predicted octanol–water partition coefficient (Wildman–Crippen LogP) is 1.51. The Labute approximate surface area is 158 Å². The van der Waals surface area contributed by atoms with Crippen molar-refractivity contribution >= 4 is 33.4 Å². The first-order valence-electron chi connectivity index (χ1n) is 8.80. The molecule has 1 unspecified atom stereocenters. The minimum Gasteiger partial charge on any atom is -0.495 e. The lowest BCUT2D eigenvalue weighted by atomic mass is 10.2. The van der Waals surface area contributed by atoms with E-state index in [1.54, 1.807) is 12.1 Å². The molecule has 2 aliphatic heterocycles. The van der Waals surface area contributed by atoms with Gasteiger partial charge >= 0.3 is 0 Å². The SMILES string of the molecule is COc1cc(NC(=O)CC2CSCCN2)ccc1S(=O)(=O)N1CCCC1. The molecular weight excluding hydrogens is 374 g/mol. The predicted molar refractivity (Wildman–Crippen MR) is 103 cm³/mol. The molecule has 0 saturated carbocycles. The Kier molecular flexibility index (Phi) is 6.44. The molecule has 0 aliphatic carbocycles. The molecule has 144 valence electrons. The molecule has 2 N–H and O–H groups in total. The van der Waals surface area contributed by atoms with Crippen molar-refractivity contribution in [3.63, 3.8) is 0 Å². The second kappa shape index (κ2) is 8.60. The standard InChI is InChI=1S/C17H25N3O4S2/c1-24-15-10-13(19-17(21)11-14-12-25-9-6-18-14)4-5-16(15)26(22,23)20-7-2-3-8-20/h4-5,10,14,18H,2-3,6-9,11-12H2,1H3,(H,19,21). The van der Waals surface area contributed by atoms with E-state index in [0.717, 1.165) is 30.9 Å². The van der Waals surface area contributed by atoms with Crippen LogP contribution in [0.1, 0.15) is 19.3 Å². The number of nitrogens with zero attached hydrogens (tertiary/aromatic N) is 1.